The number of hydrogen-bond donors (Lipinski definition) is 1. The summed E-state index contributed by atoms with van der Waals surface area (Å²) >= 11 is 0. The van der Waals surface area contributed by atoms with Crippen LogP contribution in [0.25, 0.3) is 10.8 Å². The van der Waals surface area contributed by atoms with Gasteiger partial charge in [0, 0.05) is 0 Å². The van der Waals surface area contributed by atoms with Gasteiger partial charge in [-0.05, 0) is 29.2 Å². The minimum absolute atomic E-state index is 0.0703. The van der Waals surface area contributed by atoms with Gasteiger partial charge in [-0.15, -0.1) is 0 Å². The van der Waals surface area contributed by atoms with Gasteiger partial charge in [0.15, 0.2) is 11.7 Å². The zero-order valence-electron chi connectivity index (χ0n) is 13.1. The van der Waals surface area contributed by atoms with Crippen molar-refractivity contribution in [3.8, 4) is 0 Å². The predicted molar refractivity (Wildman–Crippen MR) is 86.9 cm³/mol. The molecule has 0 saturated heterocycles. The van der Waals surface area contributed by atoms with E-state index < -0.39 is 40.9 Å². The van der Waals surface area contributed by atoms with Crippen LogP contribution >= 0.6 is 0 Å². The van der Waals surface area contributed by atoms with Gasteiger partial charge in [-0.3, -0.25) is 19.2 Å². The largest absolute Gasteiger partial charge is 0.475 e. The molecule has 1 fully saturated rings. The standard InChI is InChI=1S/C19H14O6/c20-15-13(16(21)17(22)14(15)18(23)19(24)25)9-8-11-6-3-5-10-4-1-2-7-12(10)11/h1-7,13-14H,8-9H2,(H,24,25)/t13-,14+/m1/s1. The van der Waals surface area contributed by atoms with Crippen LogP contribution in [0.1, 0.15) is 12.0 Å². The van der Waals surface area contributed by atoms with Crippen LogP contribution in [0.5, 0.6) is 0 Å². The lowest BCUT2D eigenvalue weighted by Gasteiger charge is -2.09. The number of hydrogen-bond acceptors (Lipinski definition) is 5. The second kappa shape index (κ2) is 6.39. The molecule has 2 atom stereocenters. The van der Waals surface area contributed by atoms with E-state index in [1.54, 1.807) is 0 Å². The number of aryl methyl sites for hydroxylation is 1. The molecule has 1 saturated carbocycles. The molecule has 6 heteroatoms. The fourth-order valence-corrected chi connectivity index (χ4v) is 3.23. The Morgan fingerprint density at radius 1 is 0.920 bits per heavy atom. The number of aliphatic carboxylic acids is 1. The van der Waals surface area contributed by atoms with Crippen molar-refractivity contribution in [2.75, 3.05) is 0 Å². The zero-order chi connectivity index (χ0) is 18.1. The third-order valence-corrected chi connectivity index (χ3v) is 4.50. The Morgan fingerprint density at radius 2 is 1.60 bits per heavy atom. The Hall–Kier alpha value is -3.15. The van der Waals surface area contributed by atoms with Crippen molar-refractivity contribution in [2.24, 2.45) is 11.8 Å². The molecule has 2 aromatic carbocycles. The first-order valence-corrected chi connectivity index (χ1v) is 7.77. The van der Waals surface area contributed by atoms with E-state index in [0.29, 0.717) is 6.42 Å². The molecule has 2 aromatic rings. The van der Waals surface area contributed by atoms with Crippen LogP contribution in [0.2, 0.25) is 0 Å². The zero-order valence-corrected chi connectivity index (χ0v) is 13.1. The van der Waals surface area contributed by atoms with Crippen molar-refractivity contribution < 1.29 is 29.1 Å². The van der Waals surface area contributed by atoms with Gasteiger partial charge in [0.2, 0.25) is 11.6 Å². The van der Waals surface area contributed by atoms with Gasteiger partial charge in [-0.25, -0.2) is 4.79 Å². The molecule has 6 nitrogen and oxygen atoms in total. The second-order valence-corrected chi connectivity index (χ2v) is 5.96. The normalized spacial score (nSPS) is 20.2. The average molecular weight is 338 g/mol. The molecule has 0 unspecified atom stereocenters. The maximum Gasteiger partial charge on any atom is 0.373 e. The minimum Gasteiger partial charge on any atom is -0.475 e. The molecular formula is C19H14O6. The van der Waals surface area contributed by atoms with Crippen molar-refractivity contribution in [3.05, 3.63) is 48.0 Å². The van der Waals surface area contributed by atoms with Crippen LogP contribution in [-0.2, 0) is 30.4 Å². The van der Waals surface area contributed by atoms with Crippen LogP contribution in [0.15, 0.2) is 42.5 Å². The Balaban J connectivity index is 1.82. The van der Waals surface area contributed by atoms with Crippen molar-refractivity contribution in [1.82, 2.24) is 0 Å². The lowest BCUT2D eigenvalue weighted by atomic mass is 9.92. The summed E-state index contributed by atoms with van der Waals surface area (Å²) in [6.07, 6.45) is 0.436. The molecule has 126 valence electrons. The third-order valence-electron chi connectivity index (χ3n) is 4.50. The van der Waals surface area contributed by atoms with Crippen LogP contribution in [0.3, 0.4) is 0 Å². The number of rotatable bonds is 5. The van der Waals surface area contributed by atoms with Crippen molar-refractivity contribution in [1.29, 1.82) is 0 Å². The Labute approximate surface area is 142 Å². The third kappa shape index (κ3) is 2.87. The van der Waals surface area contributed by atoms with E-state index in [9.17, 15) is 24.0 Å². The molecule has 0 aliphatic heterocycles. The SMILES string of the molecule is O=C(O)C(=O)[C@@H]1C(=O)C(=O)[C@H](CCc2cccc3ccccc23)C1=O. The van der Waals surface area contributed by atoms with Gasteiger partial charge in [0.25, 0.3) is 5.78 Å². The first kappa shape index (κ1) is 16.7. The second-order valence-electron chi connectivity index (χ2n) is 5.96. The van der Waals surface area contributed by atoms with E-state index in [1.807, 2.05) is 42.5 Å². The number of carboxylic acids is 1. The number of carbonyl (C=O) groups is 5. The van der Waals surface area contributed by atoms with Crippen molar-refractivity contribution in [2.45, 2.75) is 12.8 Å². The molecule has 0 heterocycles. The molecule has 0 bridgehead atoms. The van der Waals surface area contributed by atoms with Gasteiger partial charge in [-0.1, -0.05) is 42.5 Å². The summed E-state index contributed by atoms with van der Waals surface area (Å²) in [5.41, 5.74) is 0.916. The summed E-state index contributed by atoms with van der Waals surface area (Å²) in [5, 5.41) is 10.7. The molecule has 1 aliphatic carbocycles. The summed E-state index contributed by atoms with van der Waals surface area (Å²) < 4.78 is 0. The molecule has 3 rings (SSSR count). The molecule has 0 amide bonds. The quantitative estimate of drug-likeness (QED) is 0.652. The smallest absolute Gasteiger partial charge is 0.373 e. The average Bonchev–Trinajstić information content (AvgIpc) is 2.81. The van der Waals surface area contributed by atoms with Gasteiger partial charge in [-0.2, -0.15) is 0 Å². The van der Waals surface area contributed by atoms with Gasteiger partial charge >= 0.3 is 5.97 Å². The van der Waals surface area contributed by atoms with Crippen molar-refractivity contribution in [3.63, 3.8) is 0 Å². The molecule has 0 spiro atoms. The van der Waals surface area contributed by atoms with E-state index in [2.05, 4.69) is 0 Å². The maximum atomic E-state index is 12.2. The summed E-state index contributed by atoms with van der Waals surface area (Å²) in [6.45, 7) is 0. The summed E-state index contributed by atoms with van der Waals surface area (Å²) in [4.78, 5) is 58.4. The predicted octanol–water partition coefficient (Wildman–Crippen LogP) is 1.38. The van der Waals surface area contributed by atoms with Crippen LogP contribution in [0, 0.1) is 11.8 Å². The summed E-state index contributed by atoms with van der Waals surface area (Å²) in [5.74, 6) is -9.72. The number of ketones is 4. The lowest BCUT2D eigenvalue weighted by Crippen LogP contribution is -2.32. The maximum absolute atomic E-state index is 12.2. The highest BCUT2D eigenvalue weighted by Gasteiger charge is 2.53. The lowest BCUT2D eigenvalue weighted by molar-refractivity contribution is -0.154. The molecule has 0 aromatic heterocycles. The van der Waals surface area contributed by atoms with E-state index >= 15 is 0 Å². The Bertz CT molecular complexity index is 921. The number of fused-ring (bicyclic) bond motifs is 1. The highest BCUT2D eigenvalue weighted by Crippen LogP contribution is 2.28. The molecule has 1 aliphatic rings. The Kier molecular flexibility index (Phi) is 4.27. The fraction of sp³-hybridized carbons (Fsp3) is 0.211. The van der Waals surface area contributed by atoms with E-state index in [1.165, 1.54) is 0 Å². The number of Topliss-reactive ketones (excluding diaryl/α,β-unsaturated/α-hetero) is 4. The van der Waals surface area contributed by atoms with E-state index in [0.717, 1.165) is 16.3 Å². The van der Waals surface area contributed by atoms with Crippen LogP contribution in [0.4, 0.5) is 0 Å². The van der Waals surface area contributed by atoms with E-state index in [4.69, 9.17) is 5.11 Å². The van der Waals surface area contributed by atoms with Gasteiger partial charge < -0.3 is 5.11 Å². The molecule has 1 N–H and O–H groups in total. The highest BCUT2D eigenvalue weighted by atomic mass is 16.4. The first-order chi connectivity index (χ1) is 11.9. The van der Waals surface area contributed by atoms with Gasteiger partial charge in [0.1, 0.15) is 0 Å². The first-order valence-electron chi connectivity index (χ1n) is 7.77. The Morgan fingerprint density at radius 3 is 2.32 bits per heavy atom. The summed E-state index contributed by atoms with van der Waals surface area (Å²) in [6, 6.07) is 13.3. The van der Waals surface area contributed by atoms with E-state index in [-0.39, 0.29) is 6.42 Å². The highest BCUT2D eigenvalue weighted by molar-refractivity contribution is 6.60. The van der Waals surface area contributed by atoms with Crippen LogP contribution in [-0.4, -0.2) is 34.2 Å². The fourth-order valence-electron chi connectivity index (χ4n) is 3.23. The van der Waals surface area contributed by atoms with Gasteiger partial charge in [0.05, 0.1) is 5.92 Å². The molecule has 0 radical (unpaired) electrons. The monoisotopic (exact) mass is 338 g/mol. The minimum atomic E-state index is -1.98. The molecule has 25 heavy (non-hydrogen) atoms. The number of carboxylic acid groups (broad SMARTS) is 1. The summed E-state index contributed by atoms with van der Waals surface area (Å²) in [7, 11) is 0. The number of benzene rings is 2. The molecular weight excluding hydrogens is 324 g/mol. The van der Waals surface area contributed by atoms with Crippen LogP contribution < -0.4 is 0 Å². The topological polar surface area (TPSA) is 106 Å². The van der Waals surface area contributed by atoms with Crippen molar-refractivity contribution >= 4 is 39.9 Å². The number of carbonyl (C=O) groups excluding carboxylic acids is 4.